The van der Waals surface area contributed by atoms with Gasteiger partial charge in [0.25, 0.3) is 0 Å². The topological polar surface area (TPSA) is 17.1 Å². The van der Waals surface area contributed by atoms with E-state index in [9.17, 15) is 4.79 Å². The monoisotopic (exact) mass is 220 g/mol. The molecule has 1 nitrogen and oxygen atoms in total. The molecule has 1 aromatic heterocycles. The number of ketones is 1. The van der Waals surface area contributed by atoms with E-state index in [0.29, 0.717) is 11.7 Å². The van der Waals surface area contributed by atoms with Gasteiger partial charge in [0.05, 0.1) is 0 Å². The molecule has 1 saturated carbocycles. The van der Waals surface area contributed by atoms with Gasteiger partial charge in [0.15, 0.2) is 5.78 Å². The van der Waals surface area contributed by atoms with Gasteiger partial charge in [-0.25, -0.2) is 0 Å². The highest BCUT2D eigenvalue weighted by atomic mass is 32.1. The van der Waals surface area contributed by atoms with E-state index in [1.54, 1.807) is 17.4 Å². The Kier molecular flexibility index (Phi) is 3.73. The van der Waals surface area contributed by atoms with Crippen LogP contribution in [0.1, 0.15) is 37.0 Å². The van der Waals surface area contributed by atoms with E-state index in [4.69, 9.17) is 0 Å². The molecule has 0 saturated heterocycles. The van der Waals surface area contributed by atoms with Crippen molar-refractivity contribution >= 4 is 23.2 Å². The van der Waals surface area contributed by atoms with E-state index in [0.717, 1.165) is 12.8 Å². The standard InChI is InChI=1S/C13H16OS/c14-13(11-5-2-1-3-6-11)9-8-12-7-4-10-15-12/h4,7-11H,1-3,5-6H2/b9-8+. The zero-order valence-electron chi connectivity index (χ0n) is 8.82. The molecule has 2 rings (SSSR count). The molecule has 0 N–H and O–H groups in total. The molecule has 2 heteroatoms. The second-order valence-corrected chi connectivity index (χ2v) is 5.07. The maximum Gasteiger partial charge on any atom is 0.158 e. The van der Waals surface area contributed by atoms with Crippen molar-refractivity contribution in [3.05, 3.63) is 28.5 Å². The summed E-state index contributed by atoms with van der Waals surface area (Å²) in [5.41, 5.74) is 0. The Morgan fingerprint density at radius 3 is 2.80 bits per heavy atom. The minimum atomic E-state index is 0.301. The van der Waals surface area contributed by atoms with Crippen LogP contribution in [0.4, 0.5) is 0 Å². The number of thiophene rings is 1. The smallest absolute Gasteiger partial charge is 0.158 e. The van der Waals surface area contributed by atoms with Crippen LogP contribution in [0, 0.1) is 5.92 Å². The number of hydrogen-bond acceptors (Lipinski definition) is 2. The third-order valence-corrected chi connectivity index (χ3v) is 3.80. The Bertz CT molecular complexity index is 331. The maximum atomic E-state index is 11.8. The van der Waals surface area contributed by atoms with Gasteiger partial charge < -0.3 is 0 Å². The Labute approximate surface area is 94.8 Å². The van der Waals surface area contributed by atoms with Crippen molar-refractivity contribution in [2.24, 2.45) is 5.92 Å². The van der Waals surface area contributed by atoms with E-state index >= 15 is 0 Å². The van der Waals surface area contributed by atoms with Crippen LogP contribution in [0.15, 0.2) is 23.6 Å². The van der Waals surface area contributed by atoms with Gasteiger partial charge in [-0.15, -0.1) is 11.3 Å². The fourth-order valence-electron chi connectivity index (χ4n) is 2.07. The first-order valence-electron chi connectivity index (χ1n) is 5.62. The number of hydrogen-bond donors (Lipinski definition) is 0. The molecule has 0 aromatic carbocycles. The van der Waals surface area contributed by atoms with E-state index in [-0.39, 0.29) is 0 Å². The predicted molar refractivity (Wildman–Crippen MR) is 64.9 cm³/mol. The quantitative estimate of drug-likeness (QED) is 0.706. The average molecular weight is 220 g/mol. The van der Waals surface area contributed by atoms with Crippen LogP contribution < -0.4 is 0 Å². The van der Waals surface area contributed by atoms with E-state index in [1.165, 1.54) is 24.1 Å². The predicted octanol–water partition coefficient (Wildman–Crippen LogP) is 3.91. The second kappa shape index (κ2) is 5.26. The fraction of sp³-hybridized carbons (Fsp3) is 0.462. The van der Waals surface area contributed by atoms with Crippen LogP contribution in [0.3, 0.4) is 0 Å². The molecule has 0 atom stereocenters. The van der Waals surface area contributed by atoms with Gasteiger partial charge in [0, 0.05) is 10.8 Å². The first kappa shape index (κ1) is 10.6. The number of carbonyl (C=O) groups is 1. The largest absolute Gasteiger partial charge is 0.295 e. The van der Waals surface area contributed by atoms with Gasteiger partial charge >= 0.3 is 0 Å². The van der Waals surface area contributed by atoms with Crippen molar-refractivity contribution in [1.82, 2.24) is 0 Å². The molecule has 0 amide bonds. The van der Waals surface area contributed by atoms with Crippen molar-refractivity contribution in [2.75, 3.05) is 0 Å². The summed E-state index contributed by atoms with van der Waals surface area (Å²) in [6.45, 7) is 0. The third kappa shape index (κ3) is 3.03. The van der Waals surface area contributed by atoms with Crippen LogP contribution in [0.2, 0.25) is 0 Å². The number of carbonyl (C=O) groups excluding carboxylic acids is 1. The third-order valence-electron chi connectivity index (χ3n) is 2.96. The average Bonchev–Trinajstić information content (AvgIpc) is 2.80. The van der Waals surface area contributed by atoms with Crippen molar-refractivity contribution < 1.29 is 4.79 Å². The lowest BCUT2D eigenvalue weighted by Crippen LogP contribution is -2.15. The normalized spacial score (nSPS) is 18.4. The van der Waals surface area contributed by atoms with Gasteiger partial charge in [-0.05, 0) is 36.4 Å². The van der Waals surface area contributed by atoms with E-state index < -0.39 is 0 Å². The highest BCUT2D eigenvalue weighted by molar-refractivity contribution is 7.10. The summed E-state index contributed by atoms with van der Waals surface area (Å²) in [7, 11) is 0. The summed E-state index contributed by atoms with van der Waals surface area (Å²) in [6, 6.07) is 4.05. The Morgan fingerprint density at radius 2 is 2.13 bits per heavy atom. The second-order valence-electron chi connectivity index (χ2n) is 4.09. The Balaban J connectivity index is 1.91. The fourth-order valence-corrected chi connectivity index (χ4v) is 2.69. The molecule has 15 heavy (non-hydrogen) atoms. The maximum absolute atomic E-state index is 11.8. The van der Waals surface area contributed by atoms with E-state index in [2.05, 4.69) is 0 Å². The summed E-state index contributed by atoms with van der Waals surface area (Å²) in [4.78, 5) is 13.0. The van der Waals surface area contributed by atoms with Crippen molar-refractivity contribution in [3.8, 4) is 0 Å². The summed E-state index contributed by atoms with van der Waals surface area (Å²) in [5.74, 6) is 0.623. The van der Waals surface area contributed by atoms with Gasteiger partial charge in [-0.3, -0.25) is 4.79 Å². The molecule has 0 radical (unpaired) electrons. The van der Waals surface area contributed by atoms with Crippen molar-refractivity contribution in [3.63, 3.8) is 0 Å². The molecule has 1 heterocycles. The lowest BCUT2D eigenvalue weighted by molar-refractivity contribution is -0.119. The SMILES string of the molecule is O=C(/C=C/c1cccs1)C1CCCCC1. The minimum Gasteiger partial charge on any atom is -0.295 e. The zero-order valence-corrected chi connectivity index (χ0v) is 9.63. The molecule has 1 aromatic rings. The first-order chi connectivity index (χ1) is 7.36. The first-order valence-corrected chi connectivity index (χ1v) is 6.49. The van der Waals surface area contributed by atoms with Crippen LogP contribution in [-0.4, -0.2) is 5.78 Å². The van der Waals surface area contributed by atoms with Crippen molar-refractivity contribution in [2.45, 2.75) is 32.1 Å². The van der Waals surface area contributed by atoms with Gasteiger partial charge in [0.2, 0.25) is 0 Å². The number of allylic oxidation sites excluding steroid dienone is 1. The Hall–Kier alpha value is -0.890. The highest BCUT2D eigenvalue weighted by Gasteiger charge is 2.18. The zero-order chi connectivity index (χ0) is 10.5. The molecule has 1 aliphatic carbocycles. The summed E-state index contributed by atoms with van der Waals surface area (Å²) >= 11 is 1.67. The number of rotatable bonds is 3. The van der Waals surface area contributed by atoms with Gasteiger partial charge in [0.1, 0.15) is 0 Å². The Morgan fingerprint density at radius 1 is 1.33 bits per heavy atom. The molecule has 1 fully saturated rings. The molecule has 0 aliphatic heterocycles. The summed E-state index contributed by atoms with van der Waals surface area (Å²) in [5, 5.41) is 2.03. The molecular formula is C13H16OS. The molecule has 0 bridgehead atoms. The van der Waals surface area contributed by atoms with Crippen molar-refractivity contribution in [1.29, 1.82) is 0 Å². The molecule has 0 unspecified atom stereocenters. The highest BCUT2D eigenvalue weighted by Crippen LogP contribution is 2.25. The van der Waals surface area contributed by atoms with Crippen LogP contribution in [0.25, 0.3) is 6.08 Å². The van der Waals surface area contributed by atoms with E-state index in [1.807, 2.05) is 23.6 Å². The van der Waals surface area contributed by atoms with Crippen LogP contribution in [-0.2, 0) is 4.79 Å². The minimum absolute atomic E-state index is 0.301. The lowest BCUT2D eigenvalue weighted by atomic mass is 9.86. The molecular weight excluding hydrogens is 204 g/mol. The molecule has 0 spiro atoms. The molecule has 1 aliphatic rings. The van der Waals surface area contributed by atoms with Crippen LogP contribution >= 0.6 is 11.3 Å². The van der Waals surface area contributed by atoms with Gasteiger partial charge in [-0.1, -0.05) is 25.3 Å². The summed E-state index contributed by atoms with van der Waals surface area (Å²) < 4.78 is 0. The lowest BCUT2D eigenvalue weighted by Gasteiger charge is -2.18. The summed E-state index contributed by atoms with van der Waals surface area (Å²) in [6.07, 6.45) is 9.65. The molecule has 80 valence electrons. The van der Waals surface area contributed by atoms with Gasteiger partial charge in [-0.2, -0.15) is 0 Å². The van der Waals surface area contributed by atoms with Crippen LogP contribution in [0.5, 0.6) is 0 Å².